The molecule has 1 aliphatic carbocycles. The lowest BCUT2D eigenvalue weighted by Crippen LogP contribution is -2.30. The number of nitrogens with two attached hydrogens (primary N) is 1. The van der Waals surface area contributed by atoms with Gasteiger partial charge >= 0.3 is 0 Å². The van der Waals surface area contributed by atoms with Gasteiger partial charge in [0.2, 0.25) is 10.0 Å². The molecular formula is C12H16N2O2S2. The van der Waals surface area contributed by atoms with E-state index in [1.165, 1.54) is 4.31 Å². The molecule has 6 heteroatoms. The summed E-state index contributed by atoms with van der Waals surface area (Å²) in [5.74, 6) is -0.0481. The van der Waals surface area contributed by atoms with Crippen LogP contribution in [0.2, 0.25) is 0 Å². The molecule has 98 valence electrons. The van der Waals surface area contributed by atoms with Crippen LogP contribution in [0.1, 0.15) is 24.0 Å². The molecule has 2 N–H and O–H groups in total. The van der Waals surface area contributed by atoms with Crippen LogP contribution in [0.15, 0.2) is 24.3 Å². The van der Waals surface area contributed by atoms with Crippen LogP contribution in [0.25, 0.3) is 0 Å². The van der Waals surface area contributed by atoms with E-state index in [1.54, 1.807) is 31.3 Å². The van der Waals surface area contributed by atoms with Gasteiger partial charge < -0.3 is 5.73 Å². The molecule has 1 fully saturated rings. The minimum Gasteiger partial charge on any atom is -0.389 e. The third-order valence-corrected chi connectivity index (χ3v) is 5.19. The number of rotatable bonds is 5. The van der Waals surface area contributed by atoms with Crippen LogP contribution in [0, 0.1) is 0 Å². The largest absolute Gasteiger partial charge is 0.389 e. The Hall–Kier alpha value is -0.980. The van der Waals surface area contributed by atoms with Crippen molar-refractivity contribution in [1.29, 1.82) is 0 Å². The third-order valence-electron chi connectivity index (χ3n) is 3.12. The smallest absolute Gasteiger partial charge is 0.218 e. The van der Waals surface area contributed by atoms with E-state index in [0.29, 0.717) is 11.1 Å². The molecule has 1 aromatic carbocycles. The first-order chi connectivity index (χ1) is 8.42. The highest BCUT2D eigenvalue weighted by Crippen LogP contribution is 2.29. The van der Waals surface area contributed by atoms with Gasteiger partial charge in [0.05, 0.1) is 5.75 Å². The molecule has 1 aromatic rings. The molecule has 0 spiro atoms. The molecule has 0 heterocycles. The van der Waals surface area contributed by atoms with Gasteiger partial charge in [-0.05, 0) is 18.4 Å². The van der Waals surface area contributed by atoms with Crippen LogP contribution in [-0.2, 0) is 15.8 Å². The summed E-state index contributed by atoms with van der Waals surface area (Å²) < 4.78 is 25.9. The standard InChI is InChI=1S/C12H16N2O2S2/c1-14(10-6-7-10)18(15,16)8-9-4-2-3-5-11(9)12(13)17/h2-5,10H,6-8H2,1H3,(H2,13,17). The first-order valence-corrected chi connectivity index (χ1v) is 7.77. The Labute approximate surface area is 113 Å². The summed E-state index contributed by atoms with van der Waals surface area (Å²) in [5.41, 5.74) is 6.91. The lowest BCUT2D eigenvalue weighted by Gasteiger charge is -2.17. The Morgan fingerprint density at radius 3 is 2.61 bits per heavy atom. The molecule has 0 aliphatic heterocycles. The zero-order valence-electron chi connectivity index (χ0n) is 10.2. The van der Waals surface area contributed by atoms with Gasteiger partial charge in [0.25, 0.3) is 0 Å². The molecule has 0 bridgehead atoms. The monoisotopic (exact) mass is 284 g/mol. The minimum atomic E-state index is -3.29. The predicted molar refractivity (Wildman–Crippen MR) is 75.7 cm³/mol. The van der Waals surface area contributed by atoms with E-state index in [2.05, 4.69) is 0 Å². The van der Waals surface area contributed by atoms with E-state index in [9.17, 15) is 8.42 Å². The Morgan fingerprint density at radius 2 is 2.06 bits per heavy atom. The number of sulfonamides is 1. The second-order valence-electron chi connectivity index (χ2n) is 4.53. The average Bonchev–Trinajstić information content (AvgIpc) is 3.11. The molecule has 2 rings (SSSR count). The van der Waals surface area contributed by atoms with E-state index in [4.69, 9.17) is 18.0 Å². The van der Waals surface area contributed by atoms with Crippen molar-refractivity contribution in [2.75, 3.05) is 7.05 Å². The molecule has 1 saturated carbocycles. The van der Waals surface area contributed by atoms with Gasteiger partial charge in [0.15, 0.2) is 0 Å². The normalized spacial score (nSPS) is 15.9. The summed E-state index contributed by atoms with van der Waals surface area (Å²) in [7, 11) is -1.65. The molecule has 4 nitrogen and oxygen atoms in total. The van der Waals surface area contributed by atoms with Crippen molar-refractivity contribution in [3.05, 3.63) is 35.4 Å². The first kappa shape index (κ1) is 13.5. The molecule has 1 aliphatic rings. The van der Waals surface area contributed by atoms with Gasteiger partial charge in [-0.2, -0.15) is 0 Å². The maximum Gasteiger partial charge on any atom is 0.218 e. The number of benzene rings is 1. The third kappa shape index (κ3) is 2.88. The maximum absolute atomic E-state index is 12.2. The maximum atomic E-state index is 12.2. The van der Waals surface area contributed by atoms with Crippen molar-refractivity contribution in [1.82, 2.24) is 4.31 Å². The topological polar surface area (TPSA) is 63.4 Å². The fourth-order valence-corrected chi connectivity index (χ4v) is 3.56. The molecule has 0 unspecified atom stereocenters. The summed E-state index contributed by atoms with van der Waals surface area (Å²) in [5, 5.41) is 0. The summed E-state index contributed by atoms with van der Waals surface area (Å²) in [4.78, 5) is 0.231. The second kappa shape index (κ2) is 4.95. The van der Waals surface area contributed by atoms with Crippen molar-refractivity contribution in [2.45, 2.75) is 24.6 Å². The summed E-state index contributed by atoms with van der Waals surface area (Å²) >= 11 is 4.94. The SMILES string of the molecule is CN(C1CC1)S(=O)(=O)Cc1ccccc1C(N)=S. The van der Waals surface area contributed by atoms with Crippen molar-refractivity contribution in [2.24, 2.45) is 5.73 Å². The van der Waals surface area contributed by atoms with Gasteiger partial charge in [-0.15, -0.1) is 0 Å². The van der Waals surface area contributed by atoms with Crippen LogP contribution in [-0.4, -0.2) is 30.8 Å². The highest BCUT2D eigenvalue weighted by molar-refractivity contribution is 7.88. The van der Waals surface area contributed by atoms with E-state index >= 15 is 0 Å². The van der Waals surface area contributed by atoms with Crippen molar-refractivity contribution in [3.63, 3.8) is 0 Å². The van der Waals surface area contributed by atoms with Crippen molar-refractivity contribution in [3.8, 4) is 0 Å². The molecule has 0 radical (unpaired) electrons. The van der Waals surface area contributed by atoms with E-state index in [-0.39, 0.29) is 16.8 Å². The summed E-state index contributed by atoms with van der Waals surface area (Å²) in [6.07, 6.45) is 1.90. The first-order valence-electron chi connectivity index (χ1n) is 5.75. The fraction of sp³-hybridized carbons (Fsp3) is 0.417. The number of nitrogens with zero attached hydrogens (tertiary/aromatic N) is 1. The lowest BCUT2D eigenvalue weighted by atomic mass is 10.1. The van der Waals surface area contributed by atoms with Crippen LogP contribution >= 0.6 is 12.2 Å². The van der Waals surface area contributed by atoms with Crippen LogP contribution in [0.5, 0.6) is 0 Å². The zero-order chi connectivity index (χ0) is 13.3. The van der Waals surface area contributed by atoms with Crippen LogP contribution in [0.4, 0.5) is 0 Å². The van der Waals surface area contributed by atoms with E-state index in [1.807, 2.05) is 0 Å². The Bertz CT molecular complexity index is 565. The van der Waals surface area contributed by atoms with Crippen molar-refractivity contribution < 1.29 is 8.42 Å². The molecule has 0 aromatic heterocycles. The molecule has 0 saturated heterocycles. The Kier molecular flexibility index (Phi) is 3.70. The second-order valence-corrected chi connectivity index (χ2v) is 6.99. The summed E-state index contributed by atoms with van der Waals surface area (Å²) in [6, 6.07) is 7.28. The number of thiocarbonyl (C=S) groups is 1. The van der Waals surface area contributed by atoms with Gasteiger partial charge in [-0.1, -0.05) is 36.5 Å². The Morgan fingerprint density at radius 1 is 1.44 bits per heavy atom. The quantitative estimate of drug-likeness (QED) is 0.826. The molecule has 0 atom stereocenters. The fourth-order valence-electron chi connectivity index (χ4n) is 1.85. The number of hydrogen-bond acceptors (Lipinski definition) is 3. The van der Waals surface area contributed by atoms with E-state index < -0.39 is 10.0 Å². The molecular weight excluding hydrogens is 268 g/mol. The van der Waals surface area contributed by atoms with Crippen LogP contribution < -0.4 is 5.73 Å². The van der Waals surface area contributed by atoms with Gasteiger partial charge in [-0.25, -0.2) is 12.7 Å². The van der Waals surface area contributed by atoms with Gasteiger partial charge in [0, 0.05) is 18.7 Å². The Balaban J connectivity index is 2.26. The predicted octanol–water partition coefficient (Wildman–Crippen LogP) is 1.24. The van der Waals surface area contributed by atoms with Gasteiger partial charge in [0.1, 0.15) is 4.99 Å². The lowest BCUT2D eigenvalue weighted by molar-refractivity contribution is 0.463. The van der Waals surface area contributed by atoms with E-state index in [0.717, 1.165) is 12.8 Å². The number of hydrogen-bond donors (Lipinski definition) is 1. The zero-order valence-corrected chi connectivity index (χ0v) is 11.8. The van der Waals surface area contributed by atoms with Crippen LogP contribution in [0.3, 0.4) is 0 Å². The van der Waals surface area contributed by atoms with Crippen molar-refractivity contribution >= 4 is 27.2 Å². The molecule has 0 amide bonds. The minimum absolute atomic E-state index is 0.0481. The average molecular weight is 284 g/mol. The highest BCUT2D eigenvalue weighted by Gasteiger charge is 2.34. The highest BCUT2D eigenvalue weighted by atomic mass is 32.2. The van der Waals surface area contributed by atoms with Gasteiger partial charge in [-0.3, -0.25) is 0 Å². The molecule has 18 heavy (non-hydrogen) atoms. The summed E-state index contributed by atoms with van der Waals surface area (Å²) in [6.45, 7) is 0.